The van der Waals surface area contributed by atoms with E-state index < -0.39 is 0 Å². The van der Waals surface area contributed by atoms with Crippen LogP contribution in [0.1, 0.15) is 34.8 Å². The Morgan fingerprint density at radius 2 is 1.74 bits per heavy atom. The molecule has 1 fully saturated rings. The molecule has 174 valence electrons. The molecule has 0 saturated carbocycles. The quantitative estimate of drug-likeness (QED) is 0.508. The van der Waals surface area contributed by atoms with E-state index >= 15 is 0 Å². The van der Waals surface area contributed by atoms with Gasteiger partial charge in [-0.1, -0.05) is 23.3 Å². The lowest BCUT2D eigenvalue weighted by atomic mass is 10.1. The van der Waals surface area contributed by atoms with Crippen LogP contribution in [0.5, 0.6) is 0 Å². The fourth-order valence-corrected chi connectivity index (χ4v) is 4.45. The summed E-state index contributed by atoms with van der Waals surface area (Å²) >= 11 is 0. The number of aryl methyl sites for hydroxylation is 2. The van der Waals surface area contributed by atoms with E-state index in [0.717, 1.165) is 17.5 Å². The summed E-state index contributed by atoms with van der Waals surface area (Å²) in [7, 11) is 0. The second-order valence-electron chi connectivity index (χ2n) is 8.87. The molecule has 0 aliphatic carbocycles. The molecule has 3 heterocycles. The first-order valence-corrected chi connectivity index (χ1v) is 11.4. The summed E-state index contributed by atoms with van der Waals surface area (Å²) in [6.45, 7) is 7.74. The molecule has 1 saturated heterocycles. The number of rotatable bonds is 3. The van der Waals surface area contributed by atoms with Crippen molar-refractivity contribution < 1.29 is 4.79 Å². The van der Waals surface area contributed by atoms with Crippen LogP contribution >= 0.6 is 0 Å². The van der Waals surface area contributed by atoms with Gasteiger partial charge in [0.1, 0.15) is 0 Å². The highest BCUT2D eigenvalue weighted by molar-refractivity contribution is 5.98. The van der Waals surface area contributed by atoms with Gasteiger partial charge >= 0.3 is 0 Å². The third-order valence-electron chi connectivity index (χ3n) is 6.39. The van der Waals surface area contributed by atoms with Gasteiger partial charge in [0.2, 0.25) is 5.95 Å². The second kappa shape index (κ2) is 8.74. The average molecular weight is 458 g/mol. The van der Waals surface area contributed by atoms with E-state index in [1.165, 1.54) is 4.80 Å². The first-order valence-electron chi connectivity index (χ1n) is 11.4. The van der Waals surface area contributed by atoms with E-state index in [9.17, 15) is 9.59 Å². The maximum absolute atomic E-state index is 13.7. The van der Waals surface area contributed by atoms with Crippen LogP contribution in [0.4, 0.5) is 5.95 Å². The summed E-state index contributed by atoms with van der Waals surface area (Å²) in [6.07, 6.45) is 3.95. The minimum absolute atomic E-state index is 0.0197. The first kappa shape index (κ1) is 21.8. The Morgan fingerprint density at radius 3 is 2.53 bits per heavy atom. The Hall–Kier alpha value is -4.01. The van der Waals surface area contributed by atoms with Crippen molar-refractivity contribution >= 4 is 22.8 Å². The molecule has 1 amide bonds. The molecule has 2 aromatic heterocycles. The highest BCUT2D eigenvalue weighted by atomic mass is 16.2. The largest absolute Gasteiger partial charge is 0.340 e. The summed E-state index contributed by atoms with van der Waals surface area (Å²) in [5.74, 6) is 0.487. The number of hydrogen-bond acceptors (Lipinski definition) is 6. The van der Waals surface area contributed by atoms with Crippen molar-refractivity contribution in [2.24, 2.45) is 0 Å². The Bertz CT molecular complexity index is 1410. The number of aromatic nitrogens is 5. The van der Waals surface area contributed by atoms with Crippen molar-refractivity contribution in [1.29, 1.82) is 0 Å². The van der Waals surface area contributed by atoms with Crippen molar-refractivity contribution in [1.82, 2.24) is 29.9 Å². The molecule has 5 rings (SSSR count). The number of fused-ring (bicyclic) bond motifs is 1. The molecular weight excluding hydrogens is 430 g/mol. The minimum Gasteiger partial charge on any atom is -0.340 e. The van der Waals surface area contributed by atoms with Crippen LogP contribution < -0.4 is 10.5 Å². The third-order valence-corrected chi connectivity index (χ3v) is 6.39. The normalized spacial score (nSPS) is 16.6. The molecule has 1 aliphatic rings. The first-order chi connectivity index (χ1) is 16.4. The molecule has 4 aromatic rings. The van der Waals surface area contributed by atoms with Crippen LogP contribution in [-0.4, -0.2) is 61.4 Å². The van der Waals surface area contributed by atoms with Gasteiger partial charge in [0, 0.05) is 25.7 Å². The Kier molecular flexibility index (Phi) is 5.61. The minimum atomic E-state index is -0.148. The Balaban J connectivity index is 1.43. The zero-order valence-corrected chi connectivity index (χ0v) is 19.5. The van der Waals surface area contributed by atoms with Crippen LogP contribution in [0.2, 0.25) is 0 Å². The van der Waals surface area contributed by atoms with Gasteiger partial charge in [-0.2, -0.15) is 15.0 Å². The van der Waals surface area contributed by atoms with E-state index in [-0.39, 0.29) is 17.5 Å². The molecule has 1 N–H and O–H groups in total. The van der Waals surface area contributed by atoms with Crippen LogP contribution in [0, 0.1) is 13.8 Å². The number of anilines is 1. The molecular formula is C25H27N7O2. The number of aromatic amines is 1. The van der Waals surface area contributed by atoms with Crippen molar-refractivity contribution in [2.75, 3.05) is 24.5 Å². The van der Waals surface area contributed by atoms with Crippen LogP contribution in [0.25, 0.3) is 16.6 Å². The maximum atomic E-state index is 13.7. The zero-order valence-electron chi connectivity index (χ0n) is 19.5. The smallest absolute Gasteiger partial charge is 0.260 e. The van der Waals surface area contributed by atoms with Gasteiger partial charge in [0.05, 0.1) is 34.5 Å². The third kappa shape index (κ3) is 4.05. The summed E-state index contributed by atoms with van der Waals surface area (Å²) in [4.78, 5) is 39.4. The molecule has 1 aliphatic heterocycles. The van der Waals surface area contributed by atoms with Crippen molar-refractivity contribution in [3.8, 4) is 5.69 Å². The summed E-state index contributed by atoms with van der Waals surface area (Å²) in [6, 6.07) is 11.4. The molecule has 1 unspecified atom stereocenters. The number of carbonyl (C=O) groups is 1. The zero-order chi connectivity index (χ0) is 23.8. The van der Waals surface area contributed by atoms with E-state index in [0.29, 0.717) is 47.7 Å². The topological polar surface area (TPSA) is 100 Å². The number of amides is 1. The maximum Gasteiger partial charge on any atom is 0.260 e. The number of hydrogen-bond donors (Lipinski definition) is 1. The lowest BCUT2D eigenvalue weighted by molar-refractivity contribution is 0.0704. The molecule has 9 heteroatoms. The number of H-pyrrole nitrogens is 1. The van der Waals surface area contributed by atoms with E-state index in [4.69, 9.17) is 4.98 Å². The summed E-state index contributed by atoms with van der Waals surface area (Å²) < 4.78 is 0. The van der Waals surface area contributed by atoms with Gasteiger partial charge < -0.3 is 9.80 Å². The van der Waals surface area contributed by atoms with E-state index in [2.05, 4.69) is 27.0 Å². The standard InChI is InChI=1S/C25H27N7O2/c1-16-4-6-21-19(14-16)23(33)29-25(28-21)30-11-8-18(3)31(13-12-30)24(34)20-15-17(2)5-7-22(20)32-26-9-10-27-32/h4-7,9-10,14-15,18H,8,11-13H2,1-3H3,(H,28,29,33). The predicted molar refractivity (Wildman–Crippen MR) is 131 cm³/mol. The fraction of sp³-hybridized carbons (Fsp3) is 0.320. The monoisotopic (exact) mass is 457 g/mol. The van der Waals surface area contributed by atoms with E-state index in [1.807, 2.05) is 55.1 Å². The number of carbonyl (C=O) groups excluding carboxylic acids is 1. The molecule has 9 nitrogen and oxygen atoms in total. The lowest BCUT2D eigenvalue weighted by Crippen LogP contribution is -2.40. The van der Waals surface area contributed by atoms with Gasteiger partial charge in [-0.25, -0.2) is 4.98 Å². The molecule has 0 bridgehead atoms. The van der Waals surface area contributed by atoms with E-state index in [1.54, 1.807) is 12.4 Å². The average Bonchev–Trinajstić information content (AvgIpc) is 3.28. The SMILES string of the molecule is Cc1ccc(-n2nccn2)c(C(=O)N2CCN(c3nc4ccc(C)cc4c(=O)[nH]3)CCC2C)c1. The number of benzene rings is 2. The van der Waals surface area contributed by atoms with Crippen LogP contribution in [0.3, 0.4) is 0 Å². The highest BCUT2D eigenvalue weighted by Gasteiger charge is 2.28. The van der Waals surface area contributed by atoms with Crippen molar-refractivity contribution in [3.05, 3.63) is 75.8 Å². The Morgan fingerprint density at radius 1 is 1.00 bits per heavy atom. The molecule has 34 heavy (non-hydrogen) atoms. The number of nitrogens with one attached hydrogen (secondary N) is 1. The molecule has 2 aromatic carbocycles. The highest BCUT2D eigenvalue weighted by Crippen LogP contribution is 2.22. The predicted octanol–water partition coefficient (Wildman–Crippen LogP) is 2.86. The summed E-state index contributed by atoms with van der Waals surface area (Å²) in [5, 5.41) is 9.02. The molecule has 1 atom stereocenters. The van der Waals surface area contributed by atoms with Crippen molar-refractivity contribution in [3.63, 3.8) is 0 Å². The van der Waals surface area contributed by atoms with Gasteiger partial charge in [-0.05, 0) is 51.5 Å². The molecule has 0 spiro atoms. The van der Waals surface area contributed by atoms with Gasteiger partial charge in [-0.3, -0.25) is 14.6 Å². The lowest BCUT2D eigenvalue weighted by Gasteiger charge is -2.27. The van der Waals surface area contributed by atoms with Gasteiger partial charge in [0.25, 0.3) is 11.5 Å². The van der Waals surface area contributed by atoms with Gasteiger partial charge in [-0.15, -0.1) is 0 Å². The van der Waals surface area contributed by atoms with Crippen LogP contribution in [-0.2, 0) is 0 Å². The van der Waals surface area contributed by atoms with Gasteiger partial charge in [0.15, 0.2) is 0 Å². The molecule has 0 radical (unpaired) electrons. The number of nitrogens with zero attached hydrogens (tertiary/aromatic N) is 6. The Labute approximate surface area is 197 Å². The second-order valence-corrected chi connectivity index (χ2v) is 8.87. The fourth-order valence-electron chi connectivity index (χ4n) is 4.45. The van der Waals surface area contributed by atoms with Crippen LogP contribution in [0.15, 0.2) is 53.6 Å². The summed E-state index contributed by atoms with van der Waals surface area (Å²) in [5.41, 5.74) is 3.77. The van der Waals surface area contributed by atoms with Crippen molar-refractivity contribution in [2.45, 2.75) is 33.2 Å².